The van der Waals surface area contributed by atoms with Gasteiger partial charge in [0.15, 0.2) is 0 Å². The number of nitrogens with one attached hydrogen (secondary N) is 1. The second kappa shape index (κ2) is 6.39. The van der Waals surface area contributed by atoms with E-state index in [1.165, 1.54) is 31.2 Å². The Balaban J connectivity index is 2.15. The molecule has 1 aromatic carbocycles. The van der Waals surface area contributed by atoms with Crippen LogP contribution < -0.4 is 5.32 Å². The predicted octanol–water partition coefficient (Wildman–Crippen LogP) is 4.79. The van der Waals surface area contributed by atoms with Crippen LogP contribution in [0.4, 0.5) is 0 Å². The molecule has 1 unspecified atom stereocenters. The van der Waals surface area contributed by atoms with Crippen LogP contribution in [0, 0.1) is 9.49 Å². The molecule has 0 bridgehead atoms. The van der Waals surface area contributed by atoms with Gasteiger partial charge in [-0.1, -0.05) is 31.0 Å². The SMILES string of the molecule is CCCNC(c1ccc(I)c(Cl)c1)C1CCC1. The van der Waals surface area contributed by atoms with Crippen molar-refractivity contribution in [3.63, 3.8) is 0 Å². The molecule has 3 heteroatoms. The van der Waals surface area contributed by atoms with E-state index in [4.69, 9.17) is 11.6 Å². The second-order valence-corrected chi connectivity index (χ2v) is 6.37. The topological polar surface area (TPSA) is 12.0 Å². The minimum atomic E-state index is 0.498. The summed E-state index contributed by atoms with van der Waals surface area (Å²) in [5, 5.41) is 4.55. The first-order valence-electron chi connectivity index (χ1n) is 6.40. The van der Waals surface area contributed by atoms with Crippen molar-refractivity contribution in [3.05, 3.63) is 32.4 Å². The van der Waals surface area contributed by atoms with Crippen LogP contribution in [-0.4, -0.2) is 6.54 Å². The lowest BCUT2D eigenvalue weighted by molar-refractivity contribution is 0.231. The monoisotopic (exact) mass is 363 g/mol. The molecule has 0 aliphatic heterocycles. The highest BCUT2D eigenvalue weighted by atomic mass is 127. The molecule has 1 nitrogen and oxygen atoms in total. The smallest absolute Gasteiger partial charge is 0.0542 e. The maximum atomic E-state index is 6.22. The zero-order chi connectivity index (χ0) is 12.3. The van der Waals surface area contributed by atoms with Crippen LogP contribution >= 0.6 is 34.2 Å². The Morgan fingerprint density at radius 3 is 2.76 bits per heavy atom. The molecular weight excluding hydrogens is 345 g/mol. The molecule has 1 aliphatic rings. The Labute approximate surface area is 122 Å². The molecule has 1 atom stereocenters. The lowest BCUT2D eigenvalue weighted by Gasteiger charge is -2.35. The van der Waals surface area contributed by atoms with Gasteiger partial charge < -0.3 is 5.32 Å². The van der Waals surface area contributed by atoms with Crippen molar-refractivity contribution >= 4 is 34.2 Å². The van der Waals surface area contributed by atoms with E-state index in [0.29, 0.717) is 6.04 Å². The Morgan fingerprint density at radius 1 is 1.47 bits per heavy atom. The Hall–Kier alpha value is 0.200. The lowest BCUT2D eigenvalue weighted by atomic mass is 9.77. The van der Waals surface area contributed by atoms with Gasteiger partial charge in [-0.25, -0.2) is 0 Å². The van der Waals surface area contributed by atoms with Crippen molar-refractivity contribution in [2.24, 2.45) is 5.92 Å². The Kier molecular flexibility index (Phi) is 5.12. The summed E-state index contributed by atoms with van der Waals surface area (Å²) in [4.78, 5) is 0. The molecule has 0 saturated heterocycles. The minimum Gasteiger partial charge on any atom is -0.310 e. The standard InChI is InChI=1S/C14H19ClIN/c1-2-8-17-14(10-4-3-5-10)11-6-7-13(16)12(15)9-11/h6-7,9-10,14,17H,2-5,8H2,1H3. The average Bonchev–Trinajstić information content (AvgIpc) is 2.25. The molecule has 0 amide bonds. The van der Waals surface area contributed by atoms with Gasteiger partial charge >= 0.3 is 0 Å². The molecule has 1 aliphatic carbocycles. The van der Waals surface area contributed by atoms with Gasteiger partial charge in [0.2, 0.25) is 0 Å². The zero-order valence-electron chi connectivity index (χ0n) is 10.2. The normalized spacial score (nSPS) is 17.8. The Morgan fingerprint density at radius 2 is 2.24 bits per heavy atom. The van der Waals surface area contributed by atoms with Crippen LogP contribution in [0.1, 0.15) is 44.2 Å². The van der Waals surface area contributed by atoms with Gasteiger partial charge in [-0.3, -0.25) is 0 Å². The van der Waals surface area contributed by atoms with Gasteiger partial charge in [0.25, 0.3) is 0 Å². The molecule has 1 fully saturated rings. The van der Waals surface area contributed by atoms with Crippen molar-refractivity contribution in [1.29, 1.82) is 0 Å². The van der Waals surface area contributed by atoms with Crippen LogP contribution in [0.3, 0.4) is 0 Å². The van der Waals surface area contributed by atoms with Crippen LogP contribution in [-0.2, 0) is 0 Å². The van der Waals surface area contributed by atoms with E-state index in [0.717, 1.165) is 21.1 Å². The molecule has 0 aromatic heterocycles. The van der Waals surface area contributed by atoms with Crippen molar-refractivity contribution in [3.8, 4) is 0 Å². The molecule has 0 radical (unpaired) electrons. The number of hydrogen-bond donors (Lipinski definition) is 1. The maximum absolute atomic E-state index is 6.22. The molecule has 1 aromatic rings. The first-order valence-corrected chi connectivity index (χ1v) is 7.86. The summed E-state index contributed by atoms with van der Waals surface area (Å²) in [6, 6.07) is 6.98. The van der Waals surface area contributed by atoms with E-state index >= 15 is 0 Å². The van der Waals surface area contributed by atoms with Gasteiger partial charge in [-0.2, -0.15) is 0 Å². The first-order chi connectivity index (χ1) is 8.22. The highest BCUT2D eigenvalue weighted by Gasteiger charge is 2.28. The van der Waals surface area contributed by atoms with Gasteiger partial charge in [0.05, 0.1) is 5.02 Å². The van der Waals surface area contributed by atoms with Gasteiger partial charge in [-0.05, 0) is 72.0 Å². The quantitative estimate of drug-likeness (QED) is 0.742. The van der Waals surface area contributed by atoms with Crippen molar-refractivity contribution in [2.45, 2.75) is 38.6 Å². The van der Waals surface area contributed by atoms with E-state index in [-0.39, 0.29) is 0 Å². The molecule has 0 spiro atoms. The van der Waals surface area contributed by atoms with E-state index in [1.807, 2.05) is 0 Å². The molecular formula is C14H19ClIN. The van der Waals surface area contributed by atoms with Gasteiger partial charge in [0, 0.05) is 9.61 Å². The fourth-order valence-corrected chi connectivity index (χ4v) is 2.86. The third-order valence-corrected chi connectivity index (χ3v) is 5.11. The predicted molar refractivity (Wildman–Crippen MR) is 82.5 cm³/mol. The summed E-state index contributed by atoms with van der Waals surface area (Å²) in [5.74, 6) is 0.803. The number of halogens is 2. The highest BCUT2D eigenvalue weighted by molar-refractivity contribution is 14.1. The number of benzene rings is 1. The summed E-state index contributed by atoms with van der Waals surface area (Å²) < 4.78 is 1.14. The van der Waals surface area contributed by atoms with E-state index in [9.17, 15) is 0 Å². The zero-order valence-corrected chi connectivity index (χ0v) is 13.1. The molecule has 2 rings (SSSR count). The van der Waals surface area contributed by atoms with Crippen molar-refractivity contribution < 1.29 is 0 Å². The molecule has 94 valence electrons. The highest BCUT2D eigenvalue weighted by Crippen LogP contribution is 2.38. The average molecular weight is 364 g/mol. The summed E-state index contributed by atoms with van der Waals surface area (Å²) in [7, 11) is 0. The first kappa shape index (κ1) is 13.6. The van der Waals surface area contributed by atoms with Gasteiger partial charge in [0.1, 0.15) is 0 Å². The van der Waals surface area contributed by atoms with Crippen LogP contribution in [0.15, 0.2) is 18.2 Å². The largest absolute Gasteiger partial charge is 0.310 e. The molecule has 1 saturated carbocycles. The summed E-state index contributed by atoms with van der Waals surface area (Å²) >= 11 is 8.50. The van der Waals surface area contributed by atoms with E-state index in [2.05, 4.69) is 53.0 Å². The van der Waals surface area contributed by atoms with Crippen LogP contribution in [0.5, 0.6) is 0 Å². The number of rotatable bonds is 5. The summed E-state index contributed by atoms with van der Waals surface area (Å²) in [6.45, 7) is 3.30. The Bertz CT molecular complexity index is 376. The fraction of sp³-hybridized carbons (Fsp3) is 0.571. The minimum absolute atomic E-state index is 0.498. The van der Waals surface area contributed by atoms with Crippen molar-refractivity contribution in [2.75, 3.05) is 6.54 Å². The van der Waals surface area contributed by atoms with E-state index in [1.54, 1.807) is 0 Å². The molecule has 17 heavy (non-hydrogen) atoms. The van der Waals surface area contributed by atoms with Crippen LogP contribution in [0.2, 0.25) is 5.02 Å². The lowest BCUT2D eigenvalue weighted by Crippen LogP contribution is -2.32. The van der Waals surface area contributed by atoms with E-state index < -0.39 is 0 Å². The fourth-order valence-electron chi connectivity index (χ4n) is 2.34. The third-order valence-electron chi connectivity index (χ3n) is 3.54. The summed E-state index contributed by atoms with van der Waals surface area (Å²) in [5.41, 5.74) is 1.36. The summed E-state index contributed by atoms with van der Waals surface area (Å²) in [6.07, 6.45) is 5.27. The number of hydrogen-bond acceptors (Lipinski definition) is 1. The second-order valence-electron chi connectivity index (χ2n) is 4.80. The van der Waals surface area contributed by atoms with Crippen LogP contribution in [0.25, 0.3) is 0 Å². The molecule has 0 heterocycles. The third kappa shape index (κ3) is 3.36. The maximum Gasteiger partial charge on any atom is 0.0542 e. The van der Waals surface area contributed by atoms with Crippen molar-refractivity contribution in [1.82, 2.24) is 5.32 Å². The van der Waals surface area contributed by atoms with Gasteiger partial charge in [-0.15, -0.1) is 0 Å². The molecule has 1 N–H and O–H groups in total.